The van der Waals surface area contributed by atoms with Gasteiger partial charge in [0.05, 0.1) is 18.2 Å². The maximum absolute atomic E-state index is 12.6. The Balaban J connectivity index is 0.00000225. The molecule has 1 aliphatic rings. The van der Waals surface area contributed by atoms with Gasteiger partial charge in [0.2, 0.25) is 0 Å². The van der Waals surface area contributed by atoms with Crippen LogP contribution in [0.25, 0.3) is 10.9 Å². The summed E-state index contributed by atoms with van der Waals surface area (Å²) in [6.45, 7) is 3.38. The number of methoxy groups -OCH3 is 1. The summed E-state index contributed by atoms with van der Waals surface area (Å²) in [5.74, 6) is -0.188. The molecule has 1 saturated heterocycles. The number of piperidine rings is 1. The third-order valence-corrected chi connectivity index (χ3v) is 5.05. The zero-order valence-electron chi connectivity index (χ0n) is 15.9. The number of fused-ring (bicyclic) bond motifs is 1. The summed E-state index contributed by atoms with van der Waals surface area (Å²) in [5, 5.41) is 12.0. The molecular weight excluding hydrogens is 378 g/mol. The van der Waals surface area contributed by atoms with E-state index in [9.17, 15) is 4.79 Å². The minimum absolute atomic E-state index is 0. The van der Waals surface area contributed by atoms with Gasteiger partial charge < -0.3 is 19.9 Å². The lowest BCUT2D eigenvalue weighted by Crippen LogP contribution is -2.32. The fraction of sp³-hybridized carbons (Fsp3) is 0.400. The van der Waals surface area contributed by atoms with Gasteiger partial charge in [-0.15, -0.1) is 12.4 Å². The van der Waals surface area contributed by atoms with Crippen LogP contribution in [0.5, 0.6) is 0 Å². The van der Waals surface area contributed by atoms with E-state index >= 15 is 0 Å². The van der Waals surface area contributed by atoms with E-state index in [4.69, 9.17) is 4.74 Å². The molecule has 1 amide bonds. The zero-order chi connectivity index (χ0) is 18.6. The third kappa shape index (κ3) is 4.38. The summed E-state index contributed by atoms with van der Waals surface area (Å²) in [7, 11) is 1.69. The van der Waals surface area contributed by atoms with Crippen LogP contribution in [0.1, 0.15) is 29.4 Å². The number of hydrogen-bond acceptors (Lipinski definition) is 4. The molecule has 0 radical (unpaired) electrons. The standard InChI is InChI=1S/C20H25N5O2.ClH/c1-27-12-11-24-9-6-15-4-5-16(13-19(15)24)22-20(26)18-7-10-25(23-18)17-3-2-8-21-14-17;/h4-7,9-10,13,17,21H,2-3,8,11-12,14H2,1H3,(H,22,26);1H. The van der Waals surface area contributed by atoms with Crippen molar-refractivity contribution in [1.29, 1.82) is 0 Å². The maximum Gasteiger partial charge on any atom is 0.276 e. The third-order valence-electron chi connectivity index (χ3n) is 5.05. The van der Waals surface area contributed by atoms with Crippen molar-refractivity contribution in [3.8, 4) is 0 Å². The molecule has 1 unspecified atom stereocenters. The van der Waals surface area contributed by atoms with Gasteiger partial charge in [0.1, 0.15) is 0 Å². The first kappa shape index (κ1) is 20.4. The van der Waals surface area contributed by atoms with Gasteiger partial charge in [-0.2, -0.15) is 5.10 Å². The molecule has 150 valence electrons. The molecule has 2 N–H and O–H groups in total. The van der Waals surface area contributed by atoms with Gasteiger partial charge in [-0.05, 0) is 49.0 Å². The van der Waals surface area contributed by atoms with Crippen LogP contribution in [-0.4, -0.2) is 47.1 Å². The molecule has 7 nitrogen and oxygen atoms in total. The van der Waals surface area contributed by atoms with Gasteiger partial charge in [-0.3, -0.25) is 9.48 Å². The monoisotopic (exact) mass is 403 g/mol. The molecule has 2 aromatic heterocycles. The van der Waals surface area contributed by atoms with Gasteiger partial charge in [-0.1, -0.05) is 6.07 Å². The quantitative estimate of drug-likeness (QED) is 0.663. The first-order valence-corrected chi connectivity index (χ1v) is 9.39. The van der Waals surface area contributed by atoms with Crippen LogP contribution in [0, 0.1) is 0 Å². The highest BCUT2D eigenvalue weighted by Crippen LogP contribution is 2.21. The number of hydrogen-bond donors (Lipinski definition) is 2. The van der Waals surface area contributed by atoms with Gasteiger partial charge in [0.15, 0.2) is 5.69 Å². The number of halogens is 1. The smallest absolute Gasteiger partial charge is 0.276 e. The Bertz CT molecular complexity index is 930. The molecule has 8 heteroatoms. The van der Waals surface area contributed by atoms with Crippen molar-refractivity contribution in [3.63, 3.8) is 0 Å². The second kappa shape index (κ2) is 9.23. The van der Waals surface area contributed by atoms with Crippen molar-refractivity contribution in [2.45, 2.75) is 25.4 Å². The second-order valence-electron chi connectivity index (χ2n) is 6.91. The fourth-order valence-electron chi connectivity index (χ4n) is 3.56. The highest BCUT2D eigenvalue weighted by atomic mass is 35.5. The lowest BCUT2D eigenvalue weighted by Gasteiger charge is -2.22. The first-order chi connectivity index (χ1) is 13.2. The molecule has 0 bridgehead atoms. The number of amides is 1. The van der Waals surface area contributed by atoms with E-state index in [2.05, 4.69) is 26.4 Å². The maximum atomic E-state index is 12.6. The van der Waals surface area contributed by atoms with Crippen molar-refractivity contribution in [2.75, 3.05) is 32.1 Å². The molecule has 28 heavy (non-hydrogen) atoms. The van der Waals surface area contributed by atoms with Crippen molar-refractivity contribution in [3.05, 3.63) is 48.4 Å². The van der Waals surface area contributed by atoms with Gasteiger partial charge >= 0.3 is 0 Å². The normalized spacial score (nSPS) is 16.7. The average Bonchev–Trinajstić information content (AvgIpc) is 3.34. The second-order valence-corrected chi connectivity index (χ2v) is 6.91. The highest BCUT2D eigenvalue weighted by Gasteiger charge is 2.18. The number of anilines is 1. The Morgan fingerprint density at radius 2 is 2.21 bits per heavy atom. The molecular formula is C20H26ClN5O2. The van der Waals surface area contributed by atoms with Crippen molar-refractivity contribution in [1.82, 2.24) is 19.7 Å². The number of nitrogens with zero attached hydrogens (tertiary/aromatic N) is 3. The van der Waals surface area contributed by atoms with Crippen LogP contribution in [0.15, 0.2) is 42.7 Å². The topological polar surface area (TPSA) is 73.1 Å². The number of ether oxygens (including phenoxy) is 1. The van der Waals surface area contributed by atoms with Gasteiger partial charge in [0.25, 0.3) is 5.91 Å². The lowest BCUT2D eigenvalue weighted by atomic mass is 10.1. The Hall–Kier alpha value is -2.35. The summed E-state index contributed by atoms with van der Waals surface area (Å²) in [6, 6.07) is 10.1. The van der Waals surface area contributed by atoms with E-state index in [0.29, 0.717) is 18.3 Å². The number of nitrogens with one attached hydrogen (secondary N) is 2. The van der Waals surface area contributed by atoms with E-state index in [1.54, 1.807) is 13.2 Å². The zero-order valence-corrected chi connectivity index (χ0v) is 16.7. The molecule has 4 rings (SSSR count). The van der Waals surface area contributed by atoms with Crippen LogP contribution in [0.4, 0.5) is 5.69 Å². The van der Waals surface area contributed by atoms with Crippen LogP contribution in [0.2, 0.25) is 0 Å². The van der Waals surface area contributed by atoms with Gasteiger partial charge in [0, 0.05) is 38.3 Å². The molecule has 0 spiro atoms. The van der Waals surface area contributed by atoms with Crippen molar-refractivity contribution >= 4 is 34.9 Å². The Kier molecular flexibility index (Phi) is 6.72. The van der Waals surface area contributed by atoms with Crippen LogP contribution in [-0.2, 0) is 11.3 Å². The minimum atomic E-state index is -0.188. The summed E-state index contributed by atoms with van der Waals surface area (Å²) in [5.41, 5.74) is 2.28. The number of carbonyl (C=O) groups excluding carboxylic acids is 1. The lowest BCUT2D eigenvalue weighted by molar-refractivity contribution is 0.102. The van der Waals surface area contributed by atoms with Crippen LogP contribution >= 0.6 is 12.4 Å². The van der Waals surface area contributed by atoms with Crippen molar-refractivity contribution in [2.24, 2.45) is 0 Å². The largest absolute Gasteiger partial charge is 0.383 e. The molecule has 1 aromatic carbocycles. The predicted molar refractivity (Wildman–Crippen MR) is 112 cm³/mol. The van der Waals surface area contributed by atoms with E-state index in [1.807, 2.05) is 35.3 Å². The predicted octanol–water partition coefficient (Wildman–Crippen LogP) is 3.08. The van der Waals surface area contributed by atoms with Crippen LogP contribution in [0.3, 0.4) is 0 Å². The number of carbonyl (C=O) groups is 1. The number of benzene rings is 1. The van der Waals surface area contributed by atoms with Gasteiger partial charge in [-0.25, -0.2) is 0 Å². The summed E-state index contributed by atoms with van der Waals surface area (Å²) >= 11 is 0. The Morgan fingerprint density at radius 1 is 1.32 bits per heavy atom. The fourth-order valence-corrected chi connectivity index (χ4v) is 3.56. The molecule has 1 atom stereocenters. The minimum Gasteiger partial charge on any atom is -0.383 e. The molecule has 1 fully saturated rings. The molecule has 0 saturated carbocycles. The number of rotatable bonds is 6. The van der Waals surface area contributed by atoms with E-state index in [1.165, 1.54) is 0 Å². The Labute approximate surface area is 170 Å². The molecule has 0 aliphatic carbocycles. The summed E-state index contributed by atoms with van der Waals surface area (Å²) in [4.78, 5) is 12.6. The summed E-state index contributed by atoms with van der Waals surface area (Å²) < 4.78 is 9.19. The van der Waals surface area contributed by atoms with Crippen molar-refractivity contribution < 1.29 is 9.53 Å². The van der Waals surface area contributed by atoms with Crippen LogP contribution < -0.4 is 10.6 Å². The SMILES string of the molecule is COCCn1ccc2ccc(NC(=O)c3ccn(C4CCCNC4)n3)cc21.Cl. The molecule has 1 aliphatic heterocycles. The Morgan fingerprint density at radius 3 is 3.00 bits per heavy atom. The van der Waals surface area contributed by atoms with E-state index in [-0.39, 0.29) is 18.3 Å². The summed E-state index contributed by atoms with van der Waals surface area (Å²) in [6.07, 6.45) is 6.15. The highest BCUT2D eigenvalue weighted by molar-refractivity contribution is 6.03. The number of aromatic nitrogens is 3. The molecule has 3 heterocycles. The van der Waals surface area contributed by atoms with E-state index in [0.717, 1.165) is 49.1 Å². The van der Waals surface area contributed by atoms with E-state index < -0.39 is 0 Å². The molecule has 3 aromatic rings. The first-order valence-electron chi connectivity index (χ1n) is 9.39. The average molecular weight is 404 g/mol.